The molecular weight excluding hydrogens is 404 g/mol. The molecule has 4 rings (SSSR count). The molecule has 27 heavy (non-hydrogen) atoms. The number of halogens is 1. The Kier molecular flexibility index (Phi) is 5.13. The highest BCUT2D eigenvalue weighted by Crippen LogP contribution is 2.31. The molecule has 0 aliphatic carbocycles. The molecule has 0 bridgehead atoms. The quantitative estimate of drug-likeness (QED) is 0.748. The molecule has 0 atom stereocenters. The van der Waals surface area contributed by atoms with Crippen LogP contribution < -0.4 is 9.80 Å². The first-order valence-electron chi connectivity index (χ1n) is 9.34. The van der Waals surface area contributed by atoms with Gasteiger partial charge < -0.3 is 9.80 Å². The van der Waals surface area contributed by atoms with Gasteiger partial charge >= 0.3 is 0 Å². The summed E-state index contributed by atoms with van der Waals surface area (Å²) in [6, 6.07) is 12.2. The SMILES string of the molecule is N#Cc1cc(Br)cnc1N1CCC(CC(=O)N2CCc3ccccc32)CC1. The summed E-state index contributed by atoms with van der Waals surface area (Å²) in [4.78, 5) is 21.4. The minimum absolute atomic E-state index is 0.234. The molecule has 2 aromatic rings. The monoisotopic (exact) mass is 424 g/mol. The van der Waals surface area contributed by atoms with Gasteiger partial charge in [0.15, 0.2) is 0 Å². The number of hydrogen-bond acceptors (Lipinski definition) is 4. The molecule has 5 nitrogen and oxygen atoms in total. The van der Waals surface area contributed by atoms with E-state index in [0.29, 0.717) is 17.9 Å². The molecule has 2 aliphatic rings. The van der Waals surface area contributed by atoms with Crippen LogP contribution in [0.15, 0.2) is 41.0 Å². The van der Waals surface area contributed by atoms with Gasteiger partial charge in [0.05, 0.1) is 5.56 Å². The second-order valence-electron chi connectivity index (χ2n) is 7.20. The van der Waals surface area contributed by atoms with Gasteiger partial charge in [-0.15, -0.1) is 0 Å². The zero-order valence-electron chi connectivity index (χ0n) is 15.1. The van der Waals surface area contributed by atoms with E-state index in [9.17, 15) is 10.1 Å². The molecule has 0 unspecified atom stereocenters. The number of benzene rings is 1. The van der Waals surface area contributed by atoms with Crippen LogP contribution >= 0.6 is 15.9 Å². The van der Waals surface area contributed by atoms with Gasteiger partial charge in [0.2, 0.25) is 5.91 Å². The smallest absolute Gasteiger partial charge is 0.227 e. The van der Waals surface area contributed by atoms with Gasteiger partial charge in [-0.3, -0.25) is 4.79 Å². The number of anilines is 2. The fourth-order valence-corrected chi connectivity index (χ4v) is 4.40. The minimum Gasteiger partial charge on any atom is -0.356 e. The summed E-state index contributed by atoms with van der Waals surface area (Å²) in [6.45, 7) is 2.46. The Morgan fingerprint density at radius 2 is 2.04 bits per heavy atom. The van der Waals surface area contributed by atoms with Gasteiger partial charge in [0, 0.05) is 42.4 Å². The maximum Gasteiger partial charge on any atom is 0.227 e. The summed E-state index contributed by atoms with van der Waals surface area (Å²) < 4.78 is 0.814. The third-order valence-corrected chi connectivity index (χ3v) is 5.95. The van der Waals surface area contributed by atoms with E-state index < -0.39 is 0 Å². The van der Waals surface area contributed by atoms with Crippen molar-refractivity contribution in [3.8, 4) is 6.07 Å². The summed E-state index contributed by atoms with van der Waals surface area (Å²) in [5, 5.41) is 9.36. The lowest BCUT2D eigenvalue weighted by Crippen LogP contribution is -2.37. The largest absolute Gasteiger partial charge is 0.356 e. The van der Waals surface area contributed by atoms with Gasteiger partial charge in [0.1, 0.15) is 11.9 Å². The van der Waals surface area contributed by atoms with Crippen molar-refractivity contribution in [3.05, 3.63) is 52.1 Å². The third-order valence-electron chi connectivity index (χ3n) is 5.52. The molecule has 1 amide bonds. The van der Waals surface area contributed by atoms with E-state index in [1.165, 1.54) is 5.56 Å². The Bertz CT molecular complexity index is 899. The van der Waals surface area contributed by atoms with Crippen molar-refractivity contribution in [2.45, 2.75) is 25.7 Å². The number of pyridine rings is 1. The standard InChI is InChI=1S/C21H21BrN4O/c22-18-12-17(13-23)21(24-14-18)25-8-5-15(6-9-25)11-20(27)26-10-7-16-3-1-2-4-19(16)26/h1-4,12,14-15H,5-11H2. The van der Waals surface area contributed by atoms with E-state index in [1.807, 2.05) is 29.2 Å². The normalized spacial score (nSPS) is 16.9. The van der Waals surface area contributed by atoms with Crippen LogP contribution in [-0.2, 0) is 11.2 Å². The number of amides is 1. The first kappa shape index (κ1) is 18.0. The Balaban J connectivity index is 1.37. The fourth-order valence-electron chi connectivity index (χ4n) is 4.07. The Labute approximate surface area is 167 Å². The van der Waals surface area contributed by atoms with E-state index in [1.54, 1.807) is 6.20 Å². The number of para-hydroxylation sites is 1. The first-order valence-corrected chi connectivity index (χ1v) is 10.1. The Hall–Kier alpha value is -2.39. The molecule has 6 heteroatoms. The Morgan fingerprint density at radius 1 is 1.26 bits per heavy atom. The summed E-state index contributed by atoms with van der Waals surface area (Å²) in [5.41, 5.74) is 2.94. The van der Waals surface area contributed by atoms with Crippen molar-refractivity contribution in [3.63, 3.8) is 0 Å². The number of hydrogen-bond donors (Lipinski definition) is 0. The second-order valence-corrected chi connectivity index (χ2v) is 8.11. The highest BCUT2D eigenvalue weighted by atomic mass is 79.9. The van der Waals surface area contributed by atoms with Crippen LogP contribution in [0.1, 0.15) is 30.4 Å². The third kappa shape index (κ3) is 3.70. The molecule has 0 radical (unpaired) electrons. The van der Waals surface area contributed by atoms with E-state index in [2.05, 4.69) is 37.9 Å². The van der Waals surface area contributed by atoms with Crippen LogP contribution in [-0.4, -0.2) is 30.5 Å². The zero-order valence-corrected chi connectivity index (χ0v) is 16.7. The molecule has 1 aromatic carbocycles. The summed E-state index contributed by atoms with van der Waals surface area (Å²) in [7, 11) is 0. The van der Waals surface area contributed by atoms with Gasteiger partial charge in [-0.1, -0.05) is 18.2 Å². The molecule has 0 saturated carbocycles. The lowest BCUT2D eigenvalue weighted by atomic mass is 9.92. The van der Waals surface area contributed by atoms with E-state index >= 15 is 0 Å². The van der Waals surface area contributed by atoms with Crippen LogP contribution in [0, 0.1) is 17.2 Å². The topological polar surface area (TPSA) is 60.2 Å². The van der Waals surface area contributed by atoms with Crippen LogP contribution in [0.25, 0.3) is 0 Å². The summed E-state index contributed by atoms with van der Waals surface area (Å²) in [6.07, 6.45) is 5.18. The number of aromatic nitrogens is 1. The molecule has 0 spiro atoms. The summed E-state index contributed by atoms with van der Waals surface area (Å²) >= 11 is 3.37. The fraction of sp³-hybridized carbons (Fsp3) is 0.381. The average molecular weight is 425 g/mol. The van der Waals surface area contributed by atoms with Gasteiger partial charge in [-0.2, -0.15) is 5.26 Å². The number of piperidine rings is 1. The molecule has 0 N–H and O–H groups in total. The lowest BCUT2D eigenvalue weighted by Gasteiger charge is -2.33. The number of carbonyl (C=O) groups excluding carboxylic acids is 1. The van der Waals surface area contributed by atoms with Gasteiger partial charge in [-0.25, -0.2) is 4.98 Å². The predicted octanol–water partition coefficient (Wildman–Crippen LogP) is 3.91. The van der Waals surface area contributed by atoms with E-state index in [-0.39, 0.29) is 5.91 Å². The van der Waals surface area contributed by atoms with Crippen LogP contribution in [0.3, 0.4) is 0 Å². The number of rotatable bonds is 3. The van der Waals surface area contributed by atoms with Crippen LogP contribution in [0.4, 0.5) is 11.5 Å². The number of carbonyl (C=O) groups is 1. The Morgan fingerprint density at radius 3 is 2.81 bits per heavy atom. The van der Waals surface area contributed by atoms with E-state index in [4.69, 9.17) is 0 Å². The van der Waals surface area contributed by atoms with Crippen molar-refractivity contribution >= 4 is 33.3 Å². The molecule has 1 fully saturated rings. The highest BCUT2D eigenvalue weighted by molar-refractivity contribution is 9.10. The average Bonchev–Trinajstić information content (AvgIpc) is 3.13. The molecular formula is C21H21BrN4O. The first-order chi connectivity index (χ1) is 13.2. The predicted molar refractivity (Wildman–Crippen MR) is 109 cm³/mol. The van der Waals surface area contributed by atoms with E-state index in [0.717, 1.165) is 54.9 Å². The second kappa shape index (κ2) is 7.69. The minimum atomic E-state index is 0.234. The number of nitrogens with zero attached hydrogens (tertiary/aromatic N) is 4. The van der Waals surface area contributed by atoms with Crippen molar-refractivity contribution in [1.82, 2.24) is 4.98 Å². The van der Waals surface area contributed by atoms with Gasteiger partial charge in [0.25, 0.3) is 0 Å². The van der Waals surface area contributed by atoms with Gasteiger partial charge in [-0.05, 0) is 58.8 Å². The van der Waals surface area contributed by atoms with Crippen molar-refractivity contribution in [1.29, 1.82) is 5.26 Å². The maximum absolute atomic E-state index is 12.8. The van der Waals surface area contributed by atoms with Crippen molar-refractivity contribution in [2.75, 3.05) is 29.4 Å². The van der Waals surface area contributed by atoms with Crippen LogP contribution in [0.2, 0.25) is 0 Å². The van der Waals surface area contributed by atoms with Crippen LogP contribution in [0.5, 0.6) is 0 Å². The molecule has 1 saturated heterocycles. The lowest BCUT2D eigenvalue weighted by molar-refractivity contribution is -0.119. The number of fused-ring (bicyclic) bond motifs is 1. The van der Waals surface area contributed by atoms with Crippen molar-refractivity contribution in [2.24, 2.45) is 5.92 Å². The maximum atomic E-state index is 12.8. The molecule has 138 valence electrons. The zero-order chi connectivity index (χ0) is 18.8. The molecule has 3 heterocycles. The highest BCUT2D eigenvalue weighted by Gasteiger charge is 2.28. The van der Waals surface area contributed by atoms with Crippen molar-refractivity contribution < 1.29 is 4.79 Å². The number of nitriles is 1. The summed E-state index contributed by atoms with van der Waals surface area (Å²) in [5.74, 6) is 1.37. The molecule has 2 aliphatic heterocycles. The molecule has 1 aromatic heterocycles.